The summed E-state index contributed by atoms with van der Waals surface area (Å²) >= 11 is 5.76. The summed E-state index contributed by atoms with van der Waals surface area (Å²) in [6, 6.07) is 3.11. The largest absolute Gasteiger partial charge is 0.507 e. The Balaban J connectivity index is 3.44. The van der Waals surface area contributed by atoms with Crippen molar-refractivity contribution in [1.29, 1.82) is 0 Å². The zero-order chi connectivity index (χ0) is 8.43. The summed E-state index contributed by atoms with van der Waals surface area (Å²) in [6.07, 6.45) is 5.15. The Morgan fingerprint density at radius 1 is 1.55 bits per heavy atom. The summed E-state index contributed by atoms with van der Waals surface area (Å²) in [6.45, 7) is 1.78. The Bertz CT molecular complexity index is 323. The van der Waals surface area contributed by atoms with E-state index in [2.05, 4.69) is 5.92 Å². The van der Waals surface area contributed by atoms with Gasteiger partial charge in [-0.15, -0.1) is 6.42 Å². The molecule has 2 heteroatoms. The number of hydrogen-bond donors (Lipinski definition) is 1. The van der Waals surface area contributed by atoms with Crippen molar-refractivity contribution in [1.82, 2.24) is 0 Å². The fourth-order valence-corrected chi connectivity index (χ4v) is 1.01. The average Bonchev–Trinajstić information content (AvgIpc) is 1.99. The average molecular weight is 167 g/mol. The molecular weight excluding hydrogens is 160 g/mol. The molecule has 0 amide bonds. The molecule has 0 saturated carbocycles. The van der Waals surface area contributed by atoms with E-state index in [1.807, 2.05) is 0 Å². The van der Waals surface area contributed by atoms with Crippen LogP contribution in [0.15, 0.2) is 12.1 Å². The molecule has 11 heavy (non-hydrogen) atoms. The molecule has 0 fully saturated rings. The van der Waals surface area contributed by atoms with Crippen molar-refractivity contribution < 1.29 is 5.11 Å². The van der Waals surface area contributed by atoms with Crippen LogP contribution >= 0.6 is 11.6 Å². The number of aromatic hydroxyl groups is 1. The van der Waals surface area contributed by atoms with Gasteiger partial charge in [-0.1, -0.05) is 17.5 Å². The fraction of sp³-hybridized carbons (Fsp3) is 0.111. The van der Waals surface area contributed by atoms with Crippen molar-refractivity contribution >= 4 is 11.6 Å². The van der Waals surface area contributed by atoms with Crippen LogP contribution < -0.4 is 0 Å². The minimum Gasteiger partial charge on any atom is -0.507 e. The van der Waals surface area contributed by atoms with Gasteiger partial charge in [0, 0.05) is 5.02 Å². The van der Waals surface area contributed by atoms with Crippen LogP contribution in [0.2, 0.25) is 5.02 Å². The Morgan fingerprint density at radius 2 is 2.18 bits per heavy atom. The molecule has 0 aromatic heterocycles. The second kappa shape index (κ2) is 2.86. The smallest absolute Gasteiger partial charge is 0.131 e. The van der Waals surface area contributed by atoms with Gasteiger partial charge in [-0.25, -0.2) is 0 Å². The number of hydrogen-bond acceptors (Lipinski definition) is 1. The molecule has 1 N–H and O–H groups in total. The molecule has 0 unspecified atom stereocenters. The van der Waals surface area contributed by atoms with Gasteiger partial charge < -0.3 is 5.11 Å². The summed E-state index contributed by atoms with van der Waals surface area (Å²) in [5.74, 6) is 2.48. The molecule has 0 aliphatic rings. The lowest BCUT2D eigenvalue weighted by Gasteiger charge is -2.02. The monoisotopic (exact) mass is 166 g/mol. The highest BCUT2D eigenvalue weighted by Gasteiger charge is 2.04. The maximum Gasteiger partial charge on any atom is 0.131 e. The SMILES string of the molecule is C#Cc1c(O)ccc(Cl)c1C. The van der Waals surface area contributed by atoms with Gasteiger partial charge in [0.2, 0.25) is 0 Å². The van der Waals surface area contributed by atoms with Crippen LogP contribution in [0.1, 0.15) is 11.1 Å². The van der Waals surface area contributed by atoms with Crippen LogP contribution in [0.5, 0.6) is 5.75 Å². The predicted octanol–water partition coefficient (Wildman–Crippen LogP) is 2.34. The van der Waals surface area contributed by atoms with E-state index in [1.165, 1.54) is 6.07 Å². The summed E-state index contributed by atoms with van der Waals surface area (Å²) in [4.78, 5) is 0. The second-order valence-electron chi connectivity index (χ2n) is 2.21. The van der Waals surface area contributed by atoms with Crippen LogP contribution in [0, 0.1) is 19.3 Å². The number of phenolic OH excluding ortho intramolecular Hbond substituents is 1. The first-order valence-electron chi connectivity index (χ1n) is 3.11. The number of halogens is 1. The summed E-state index contributed by atoms with van der Waals surface area (Å²) < 4.78 is 0. The molecule has 1 nitrogen and oxygen atoms in total. The van der Waals surface area contributed by atoms with E-state index in [4.69, 9.17) is 18.0 Å². The highest BCUT2D eigenvalue weighted by molar-refractivity contribution is 6.31. The van der Waals surface area contributed by atoms with Crippen LogP contribution in [0.3, 0.4) is 0 Å². The summed E-state index contributed by atoms with van der Waals surface area (Å²) in [7, 11) is 0. The summed E-state index contributed by atoms with van der Waals surface area (Å²) in [5.41, 5.74) is 1.21. The molecule has 0 saturated heterocycles. The molecule has 0 spiro atoms. The van der Waals surface area contributed by atoms with Crippen molar-refractivity contribution in [3.05, 3.63) is 28.3 Å². The summed E-state index contributed by atoms with van der Waals surface area (Å²) in [5, 5.41) is 9.79. The molecule has 1 aromatic carbocycles. The molecule has 1 aromatic rings. The van der Waals surface area contributed by atoms with E-state index in [1.54, 1.807) is 13.0 Å². The van der Waals surface area contributed by atoms with Gasteiger partial charge in [-0.3, -0.25) is 0 Å². The van der Waals surface area contributed by atoms with Crippen molar-refractivity contribution in [2.75, 3.05) is 0 Å². The Kier molecular flexibility index (Phi) is 2.07. The van der Waals surface area contributed by atoms with E-state index in [9.17, 15) is 5.11 Å². The van der Waals surface area contributed by atoms with Crippen molar-refractivity contribution in [3.8, 4) is 18.1 Å². The topological polar surface area (TPSA) is 20.2 Å². The maximum absolute atomic E-state index is 9.21. The zero-order valence-electron chi connectivity index (χ0n) is 6.06. The van der Waals surface area contributed by atoms with Crippen LogP contribution in [-0.2, 0) is 0 Å². The quantitative estimate of drug-likeness (QED) is 0.587. The highest BCUT2D eigenvalue weighted by atomic mass is 35.5. The molecule has 0 heterocycles. The van der Waals surface area contributed by atoms with E-state index >= 15 is 0 Å². The van der Waals surface area contributed by atoms with Gasteiger partial charge in [-0.05, 0) is 24.6 Å². The van der Waals surface area contributed by atoms with Gasteiger partial charge in [0.15, 0.2) is 0 Å². The van der Waals surface area contributed by atoms with E-state index < -0.39 is 0 Å². The number of rotatable bonds is 0. The first kappa shape index (κ1) is 7.97. The third-order valence-electron chi connectivity index (χ3n) is 1.52. The van der Waals surface area contributed by atoms with Gasteiger partial charge in [-0.2, -0.15) is 0 Å². The third kappa shape index (κ3) is 1.31. The van der Waals surface area contributed by atoms with E-state index in [-0.39, 0.29) is 5.75 Å². The van der Waals surface area contributed by atoms with Gasteiger partial charge in [0.25, 0.3) is 0 Å². The normalized spacial score (nSPS) is 9.18. The number of phenols is 1. The molecule has 0 radical (unpaired) electrons. The molecule has 0 bridgehead atoms. The zero-order valence-corrected chi connectivity index (χ0v) is 6.81. The molecule has 1 rings (SSSR count). The molecule has 0 aliphatic carbocycles. The molecule has 0 atom stereocenters. The minimum atomic E-state index is 0.106. The molecular formula is C9H7ClO. The number of terminal acetylenes is 1. The van der Waals surface area contributed by atoms with Crippen molar-refractivity contribution in [2.45, 2.75) is 6.92 Å². The van der Waals surface area contributed by atoms with Crippen molar-refractivity contribution in [2.24, 2.45) is 0 Å². The van der Waals surface area contributed by atoms with Crippen LogP contribution in [0.25, 0.3) is 0 Å². The Hall–Kier alpha value is -1.13. The Labute approximate surface area is 70.6 Å². The fourth-order valence-electron chi connectivity index (χ4n) is 0.854. The van der Waals surface area contributed by atoms with Crippen LogP contribution in [0.4, 0.5) is 0 Å². The molecule has 56 valence electrons. The van der Waals surface area contributed by atoms with Gasteiger partial charge in [0.1, 0.15) is 5.75 Å². The van der Waals surface area contributed by atoms with Gasteiger partial charge >= 0.3 is 0 Å². The number of benzene rings is 1. The second-order valence-corrected chi connectivity index (χ2v) is 2.62. The lowest BCUT2D eigenvalue weighted by atomic mass is 10.1. The molecule has 0 aliphatic heterocycles. The van der Waals surface area contributed by atoms with E-state index in [0.29, 0.717) is 10.6 Å². The lowest BCUT2D eigenvalue weighted by Crippen LogP contribution is -1.83. The standard InChI is InChI=1S/C9H7ClO/c1-3-7-6(2)8(10)4-5-9(7)11/h1,4-5,11H,2H3. The van der Waals surface area contributed by atoms with Crippen molar-refractivity contribution in [3.63, 3.8) is 0 Å². The minimum absolute atomic E-state index is 0.106. The van der Waals surface area contributed by atoms with E-state index in [0.717, 1.165) is 5.56 Å². The van der Waals surface area contributed by atoms with Crippen LogP contribution in [-0.4, -0.2) is 5.11 Å². The first-order chi connectivity index (χ1) is 5.16. The first-order valence-corrected chi connectivity index (χ1v) is 3.49. The maximum atomic E-state index is 9.21. The third-order valence-corrected chi connectivity index (χ3v) is 1.93. The Morgan fingerprint density at radius 3 is 2.64 bits per heavy atom. The predicted molar refractivity (Wildman–Crippen MR) is 45.8 cm³/mol. The van der Waals surface area contributed by atoms with Gasteiger partial charge in [0.05, 0.1) is 5.56 Å². The highest BCUT2D eigenvalue weighted by Crippen LogP contribution is 2.25. The lowest BCUT2D eigenvalue weighted by molar-refractivity contribution is 0.473.